The minimum atomic E-state index is -3.24. The Morgan fingerprint density at radius 2 is 1.00 bits per heavy atom. The van der Waals surface area contributed by atoms with Crippen LogP contribution in [0.25, 0.3) is 16.5 Å². The molecular formula is C35H29OP. The van der Waals surface area contributed by atoms with Gasteiger partial charge in [0.15, 0.2) is 7.14 Å². The Morgan fingerprint density at radius 1 is 0.541 bits per heavy atom. The molecule has 0 radical (unpaired) electrons. The molecular weight excluding hydrogens is 467 g/mol. The summed E-state index contributed by atoms with van der Waals surface area (Å²) in [6.45, 7) is 2.23. The van der Waals surface area contributed by atoms with Gasteiger partial charge >= 0.3 is 0 Å². The van der Waals surface area contributed by atoms with Crippen LogP contribution in [-0.2, 0) is 4.57 Å². The molecule has 37 heavy (non-hydrogen) atoms. The normalized spacial score (nSPS) is 23.1. The zero-order chi connectivity index (χ0) is 25.2. The third kappa shape index (κ3) is 4.01. The molecule has 0 bridgehead atoms. The number of allylic oxidation sites excluding steroid dienone is 7. The van der Waals surface area contributed by atoms with E-state index in [4.69, 9.17) is 0 Å². The Hall–Kier alpha value is -3.93. The first kappa shape index (κ1) is 23.5. The Balaban J connectivity index is 1.81. The summed E-state index contributed by atoms with van der Waals surface area (Å²) in [6.07, 6.45) is 8.70. The van der Waals surface area contributed by atoms with Gasteiger partial charge in [-0.05, 0) is 28.2 Å². The fourth-order valence-corrected chi connectivity index (χ4v) is 9.46. The Labute approximate surface area is 219 Å². The summed E-state index contributed by atoms with van der Waals surface area (Å²) in [7, 11) is -3.24. The highest BCUT2D eigenvalue weighted by Crippen LogP contribution is 2.76. The van der Waals surface area contributed by atoms with Crippen LogP contribution >= 0.6 is 7.14 Å². The minimum Gasteiger partial charge on any atom is -0.309 e. The Morgan fingerprint density at radius 3 is 1.54 bits per heavy atom. The monoisotopic (exact) mass is 496 g/mol. The topological polar surface area (TPSA) is 17.1 Å². The first-order chi connectivity index (χ1) is 18.2. The highest BCUT2D eigenvalue weighted by Gasteiger charge is 2.48. The second kappa shape index (κ2) is 9.85. The summed E-state index contributed by atoms with van der Waals surface area (Å²) in [5, 5.41) is 2.86. The van der Waals surface area contributed by atoms with E-state index < -0.39 is 7.14 Å². The van der Waals surface area contributed by atoms with Gasteiger partial charge < -0.3 is 4.57 Å². The molecule has 3 atom stereocenters. The Kier molecular flexibility index (Phi) is 6.25. The van der Waals surface area contributed by atoms with Crippen LogP contribution in [-0.4, -0.2) is 0 Å². The van der Waals surface area contributed by atoms with Gasteiger partial charge in [0.25, 0.3) is 0 Å². The third-order valence-electron chi connectivity index (χ3n) is 7.42. The molecule has 6 rings (SSSR count). The highest BCUT2D eigenvalue weighted by molar-refractivity contribution is 7.86. The van der Waals surface area contributed by atoms with Gasteiger partial charge in [-0.1, -0.05) is 153 Å². The summed E-state index contributed by atoms with van der Waals surface area (Å²) in [6, 6.07) is 41.5. The number of rotatable bonds is 5. The fraction of sp³-hybridized carbons (Fsp3) is 0.0857. The molecule has 1 aliphatic heterocycles. The lowest BCUT2D eigenvalue weighted by molar-refractivity contribution is 0.568. The molecule has 4 aromatic carbocycles. The van der Waals surface area contributed by atoms with E-state index in [1.807, 2.05) is 60.7 Å². The van der Waals surface area contributed by atoms with E-state index in [0.717, 1.165) is 43.8 Å². The molecule has 4 aromatic rings. The van der Waals surface area contributed by atoms with E-state index in [1.165, 1.54) is 0 Å². The van der Waals surface area contributed by atoms with Gasteiger partial charge in [0, 0.05) is 27.4 Å². The van der Waals surface area contributed by atoms with Crippen LogP contribution in [0.3, 0.4) is 0 Å². The molecule has 0 aromatic heterocycles. The third-order valence-corrected chi connectivity index (χ3v) is 10.8. The van der Waals surface area contributed by atoms with Crippen LogP contribution in [0.5, 0.6) is 0 Å². The van der Waals surface area contributed by atoms with Gasteiger partial charge in [0.05, 0.1) is 0 Å². The standard InChI is InChI=1S/C35H29OP/c1-26-16-14-15-25-31(26)35-33(28-19-8-3-9-20-28)32(27-17-6-2-7-18-27)34(29-21-10-4-11-22-29)37(35,36)30-23-12-5-13-24-30/h2-26,31H,1H3. The summed E-state index contributed by atoms with van der Waals surface area (Å²) < 4.78 is 16.1. The van der Waals surface area contributed by atoms with E-state index in [1.54, 1.807) is 0 Å². The molecule has 1 nitrogen and oxygen atoms in total. The van der Waals surface area contributed by atoms with Crippen LogP contribution in [0, 0.1) is 11.8 Å². The van der Waals surface area contributed by atoms with E-state index in [-0.39, 0.29) is 11.8 Å². The van der Waals surface area contributed by atoms with Crippen molar-refractivity contribution in [3.05, 3.63) is 168 Å². The van der Waals surface area contributed by atoms with E-state index in [9.17, 15) is 0 Å². The smallest absolute Gasteiger partial charge is 0.169 e. The molecule has 1 heterocycles. The van der Waals surface area contributed by atoms with E-state index in [2.05, 4.69) is 91.9 Å². The number of hydrogen-bond donors (Lipinski definition) is 0. The lowest BCUT2D eigenvalue weighted by Crippen LogP contribution is -2.17. The lowest BCUT2D eigenvalue weighted by Gasteiger charge is -2.30. The predicted molar refractivity (Wildman–Crippen MR) is 158 cm³/mol. The maximum Gasteiger partial charge on any atom is 0.169 e. The maximum absolute atomic E-state index is 16.1. The average molecular weight is 497 g/mol. The molecule has 0 N–H and O–H groups in total. The van der Waals surface area contributed by atoms with Crippen molar-refractivity contribution in [2.75, 3.05) is 0 Å². The van der Waals surface area contributed by atoms with Crippen LogP contribution < -0.4 is 5.30 Å². The quantitative estimate of drug-likeness (QED) is 0.252. The van der Waals surface area contributed by atoms with E-state index >= 15 is 4.57 Å². The summed E-state index contributed by atoms with van der Waals surface area (Å²) in [4.78, 5) is 0. The minimum absolute atomic E-state index is 0.0196. The SMILES string of the molecule is CC1C=CC=CC1C1=C(c2ccccc2)C(c2ccccc2)=C(c2ccccc2)P1(=O)c1ccccc1. The molecule has 0 spiro atoms. The average Bonchev–Trinajstić information content (AvgIpc) is 3.25. The van der Waals surface area contributed by atoms with Crippen molar-refractivity contribution in [3.8, 4) is 0 Å². The summed E-state index contributed by atoms with van der Waals surface area (Å²) >= 11 is 0. The lowest BCUT2D eigenvalue weighted by atomic mass is 9.83. The molecule has 180 valence electrons. The van der Waals surface area contributed by atoms with Crippen molar-refractivity contribution in [2.45, 2.75) is 6.92 Å². The van der Waals surface area contributed by atoms with Crippen LogP contribution in [0.4, 0.5) is 0 Å². The van der Waals surface area contributed by atoms with Gasteiger partial charge in [-0.15, -0.1) is 0 Å². The van der Waals surface area contributed by atoms with Gasteiger partial charge in [0.2, 0.25) is 0 Å². The summed E-state index contributed by atoms with van der Waals surface area (Å²) in [5.41, 5.74) is 5.40. The Bertz CT molecular complexity index is 1580. The highest BCUT2D eigenvalue weighted by atomic mass is 31.2. The first-order valence-electron chi connectivity index (χ1n) is 12.9. The molecule has 0 amide bonds. The summed E-state index contributed by atoms with van der Waals surface area (Å²) in [5.74, 6) is 0.245. The molecule has 1 aliphatic carbocycles. The first-order valence-corrected chi connectivity index (χ1v) is 14.6. The molecule has 2 heteroatoms. The molecule has 0 saturated heterocycles. The fourth-order valence-electron chi connectivity index (χ4n) is 5.73. The van der Waals surface area contributed by atoms with Gasteiger partial charge in [-0.25, -0.2) is 0 Å². The van der Waals surface area contributed by atoms with Crippen molar-refractivity contribution in [1.82, 2.24) is 0 Å². The van der Waals surface area contributed by atoms with Crippen molar-refractivity contribution in [3.63, 3.8) is 0 Å². The largest absolute Gasteiger partial charge is 0.309 e. The molecule has 0 saturated carbocycles. The van der Waals surface area contributed by atoms with Gasteiger partial charge in [0.1, 0.15) is 0 Å². The van der Waals surface area contributed by atoms with Crippen molar-refractivity contribution in [2.24, 2.45) is 11.8 Å². The molecule has 0 fully saturated rings. The van der Waals surface area contributed by atoms with Gasteiger partial charge in [-0.2, -0.15) is 0 Å². The van der Waals surface area contributed by atoms with Crippen molar-refractivity contribution < 1.29 is 4.57 Å². The second-order valence-corrected chi connectivity index (χ2v) is 12.3. The zero-order valence-electron chi connectivity index (χ0n) is 20.9. The predicted octanol–water partition coefficient (Wildman–Crippen LogP) is 9.05. The van der Waals surface area contributed by atoms with Gasteiger partial charge in [-0.3, -0.25) is 0 Å². The van der Waals surface area contributed by atoms with Crippen molar-refractivity contribution in [1.29, 1.82) is 0 Å². The number of hydrogen-bond acceptors (Lipinski definition) is 1. The maximum atomic E-state index is 16.1. The molecule has 3 unspecified atom stereocenters. The zero-order valence-corrected chi connectivity index (χ0v) is 21.8. The number of benzene rings is 4. The van der Waals surface area contributed by atoms with Crippen LogP contribution in [0.1, 0.15) is 23.6 Å². The molecule has 2 aliphatic rings. The second-order valence-electron chi connectivity index (χ2n) is 9.68. The van der Waals surface area contributed by atoms with Crippen LogP contribution in [0.15, 0.2) is 151 Å². The van der Waals surface area contributed by atoms with E-state index in [0.29, 0.717) is 0 Å². The van der Waals surface area contributed by atoms with Crippen molar-refractivity contribution >= 4 is 28.9 Å². The van der Waals surface area contributed by atoms with Crippen LogP contribution in [0.2, 0.25) is 0 Å².